The largest absolute Gasteiger partial charge is 0.493 e. The number of carbonyl (C=O) groups excluding carboxylic acids is 1. The Labute approximate surface area is 184 Å². The Bertz CT molecular complexity index is 1220. The highest BCUT2D eigenvalue weighted by Gasteiger charge is 2.28. The van der Waals surface area contributed by atoms with Crippen LogP contribution in [-0.2, 0) is 13.5 Å². The van der Waals surface area contributed by atoms with Crippen molar-refractivity contribution in [1.29, 1.82) is 0 Å². The highest BCUT2D eigenvalue weighted by molar-refractivity contribution is 6.06. The van der Waals surface area contributed by atoms with Crippen molar-refractivity contribution in [2.75, 3.05) is 20.8 Å². The molecule has 0 atom stereocenters. The van der Waals surface area contributed by atoms with E-state index in [1.54, 1.807) is 10.7 Å². The molecule has 4 rings (SSSR count). The molecule has 1 fully saturated rings. The average Bonchev–Trinajstić information content (AvgIpc) is 3.58. The predicted octanol–water partition coefficient (Wildman–Crippen LogP) is 3.05. The van der Waals surface area contributed by atoms with Crippen molar-refractivity contribution in [3.05, 3.63) is 50.8 Å². The summed E-state index contributed by atoms with van der Waals surface area (Å²) in [5.41, 5.74) is 3.22. The summed E-state index contributed by atoms with van der Waals surface area (Å²) in [7, 11) is 4.71. The zero-order valence-corrected chi connectivity index (χ0v) is 18.5. The summed E-state index contributed by atoms with van der Waals surface area (Å²) in [6.07, 6.45) is 2.40. The third-order valence-corrected chi connectivity index (χ3v) is 5.69. The molecular weight excluding hydrogens is 414 g/mol. The second-order valence-electron chi connectivity index (χ2n) is 7.88. The van der Waals surface area contributed by atoms with Gasteiger partial charge < -0.3 is 14.8 Å². The standard InChI is InChI=1S/C22H25N5O5/c1-12-20-15(10-16(13-5-6-13)24-21(20)26(2)25-12)22(28)23-8-7-14-9-18(31-3)19(32-4)11-17(14)27(29)30/h9-11,13H,5-8H2,1-4H3,(H,23,28). The number of hydrogen-bond donors (Lipinski definition) is 1. The number of nitro groups is 1. The van der Waals surface area contributed by atoms with Crippen LogP contribution in [-0.4, -0.2) is 46.4 Å². The van der Waals surface area contributed by atoms with Crippen LogP contribution in [0.15, 0.2) is 18.2 Å². The summed E-state index contributed by atoms with van der Waals surface area (Å²) in [6.45, 7) is 2.07. The molecule has 0 saturated heterocycles. The molecule has 10 nitrogen and oxygen atoms in total. The first-order valence-corrected chi connectivity index (χ1v) is 10.4. The molecular formula is C22H25N5O5. The van der Waals surface area contributed by atoms with Crippen molar-refractivity contribution in [2.45, 2.75) is 32.1 Å². The van der Waals surface area contributed by atoms with Crippen molar-refractivity contribution in [3.63, 3.8) is 0 Å². The van der Waals surface area contributed by atoms with Crippen molar-refractivity contribution in [1.82, 2.24) is 20.1 Å². The Morgan fingerprint density at radius 3 is 2.56 bits per heavy atom. The van der Waals surface area contributed by atoms with Crippen LogP contribution < -0.4 is 14.8 Å². The van der Waals surface area contributed by atoms with Gasteiger partial charge >= 0.3 is 0 Å². The normalized spacial score (nSPS) is 13.2. The number of aromatic nitrogens is 3. The third-order valence-electron chi connectivity index (χ3n) is 5.69. The Kier molecular flexibility index (Phi) is 5.68. The summed E-state index contributed by atoms with van der Waals surface area (Å²) >= 11 is 0. The molecule has 10 heteroatoms. The first-order valence-electron chi connectivity index (χ1n) is 10.4. The van der Waals surface area contributed by atoms with E-state index in [2.05, 4.69) is 10.4 Å². The van der Waals surface area contributed by atoms with Crippen LogP contribution in [0.5, 0.6) is 11.5 Å². The molecule has 1 aliphatic carbocycles. The number of ether oxygens (including phenoxy) is 2. The van der Waals surface area contributed by atoms with Crippen LogP contribution in [0, 0.1) is 17.0 Å². The first-order chi connectivity index (χ1) is 15.3. The van der Waals surface area contributed by atoms with Crippen molar-refractivity contribution >= 4 is 22.6 Å². The van der Waals surface area contributed by atoms with E-state index < -0.39 is 4.92 Å². The number of pyridine rings is 1. The number of aryl methyl sites for hydroxylation is 2. The number of rotatable bonds is 8. The maximum absolute atomic E-state index is 13.1. The molecule has 1 aliphatic rings. The van der Waals surface area contributed by atoms with Gasteiger partial charge in [-0.25, -0.2) is 4.98 Å². The monoisotopic (exact) mass is 439 g/mol. The summed E-state index contributed by atoms with van der Waals surface area (Å²) in [6, 6.07) is 4.76. The molecule has 1 aromatic carbocycles. The number of hydrogen-bond acceptors (Lipinski definition) is 7. The Balaban J connectivity index is 1.58. The topological polar surface area (TPSA) is 121 Å². The van der Waals surface area contributed by atoms with Crippen LogP contribution >= 0.6 is 0 Å². The lowest BCUT2D eigenvalue weighted by Gasteiger charge is -2.12. The second-order valence-corrected chi connectivity index (χ2v) is 7.88. The Hall–Kier alpha value is -3.69. The maximum Gasteiger partial charge on any atom is 0.276 e. The molecule has 1 saturated carbocycles. The number of nitrogens with zero attached hydrogens (tertiary/aromatic N) is 4. The van der Waals surface area contributed by atoms with Crippen LogP contribution in [0.3, 0.4) is 0 Å². The lowest BCUT2D eigenvalue weighted by molar-refractivity contribution is -0.385. The molecule has 3 aromatic rings. The molecule has 168 valence electrons. The van der Waals surface area contributed by atoms with Gasteiger partial charge in [0.2, 0.25) is 0 Å². The SMILES string of the molecule is COc1cc(CCNC(=O)c2cc(C3CC3)nc3c2c(C)nn3C)c([N+](=O)[O-])cc1OC. The zero-order valence-electron chi connectivity index (χ0n) is 18.5. The van der Waals surface area contributed by atoms with E-state index in [9.17, 15) is 14.9 Å². The lowest BCUT2D eigenvalue weighted by atomic mass is 10.1. The molecule has 1 N–H and O–H groups in total. The molecule has 0 spiro atoms. The molecule has 0 bridgehead atoms. The fourth-order valence-electron chi connectivity index (χ4n) is 3.92. The molecule has 32 heavy (non-hydrogen) atoms. The van der Waals surface area contributed by atoms with Gasteiger partial charge in [-0.1, -0.05) is 0 Å². The Morgan fingerprint density at radius 1 is 1.25 bits per heavy atom. The van der Waals surface area contributed by atoms with E-state index >= 15 is 0 Å². The quantitative estimate of drug-likeness (QED) is 0.423. The molecule has 0 aliphatic heterocycles. The van der Waals surface area contributed by atoms with Crippen LogP contribution in [0.25, 0.3) is 11.0 Å². The fourth-order valence-corrected chi connectivity index (χ4v) is 3.92. The minimum absolute atomic E-state index is 0.0812. The van der Waals surface area contributed by atoms with E-state index in [-0.39, 0.29) is 30.3 Å². The summed E-state index contributed by atoms with van der Waals surface area (Å²) in [5, 5.41) is 19.6. The number of benzene rings is 1. The third kappa shape index (κ3) is 3.95. The van der Waals surface area contributed by atoms with E-state index in [0.717, 1.165) is 29.6 Å². The van der Waals surface area contributed by atoms with Gasteiger partial charge in [-0.15, -0.1) is 0 Å². The summed E-state index contributed by atoms with van der Waals surface area (Å²) in [4.78, 5) is 28.8. The maximum atomic E-state index is 13.1. The number of methoxy groups -OCH3 is 2. The first kappa shape index (κ1) is 21.5. The van der Waals surface area contributed by atoms with E-state index in [0.29, 0.717) is 28.4 Å². The number of carbonyl (C=O) groups is 1. The average molecular weight is 439 g/mol. The summed E-state index contributed by atoms with van der Waals surface area (Å²) < 4.78 is 12.1. The van der Waals surface area contributed by atoms with E-state index in [4.69, 9.17) is 14.5 Å². The number of fused-ring (bicyclic) bond motifs is 1. The highest BCUT2D eigenvalue weighted by Crippen LogP contribution is 2.40. The van der Waals surface area contributed by atoms with Gasteiger partial charge in [0.05, 0.1) is 41.9 Å². The molecule has 2 aromatic heterocycles. The van der Waals surface area contributed by atoms with Crippen molar-refractivity contribution < 1.29 is 19.2 Å². The van der Waals surface area contributed by atoms with Crippen LogP contribution in [0.1, 0.15) is 46.1 Å². The van der Waals surface area contributed by atoms with Crippen molar-refractivity contribution in [2.24, 2.45) is 7.05 Å². The lowest BCUT2D eigenvalue weighted by Crippen LogP contribution is -2.26. The number of nitro benzene ring substituents is 1. The minimum Gasteiger partial charge on any atom is -0.493 e. The Morgan fingerprint density at radius 2 is 1.94 bits per heavy atom. The zero-order chi connectivity index (χ0) is 23.0. The van der Waals surface area contributed by atoms with E-state index in [1.807, 2.05) is 20.0 Å². The van der Waals surface area contributed by atoms with Crippen LogP contribution in [0.2, 0.25) is 0 Å². The molecule has 0 radical (unpaired) electrons. The van der Waals surface area contributed by atoms with Gasteiger partial charge in [-0.2, -0.15) is 5.10 Å². The minimum atomic E-state index is -0.466. The molecule has 2 heterocycles. The smallest absolute Gasteiger partial charge is 0.276 e. The van der Waals surface area contributed by atoms with Gasteiger partial charge in [0.25, 0.3) is 11.6 Å². The van der Waals surface area contributed by atoms with Gasteiger partial charge in [-0.05, 0) is 38.3 Å². The number of amides is 1. The van der Waals surface area contributed by atoms with Gasteiger partial charge in [0.15, 0.2) is 17.1 Å². The van der Waals surface area contributed by atoms with Gasteiger partial charge in [0.1, 0.15) is 0 Å². The van der Waals surface area contributed by atoms with Crippen molar-refractivity contribution in [3.8, 4) is 11.5 Å². The number of nitrogens with one attached hydrogen (secondary N) is 1. The molecule has 1 amide bonds. The summed E-state index contributed by atoms with van der Waals surface area (Å²) in [5.74, 6) is 0.815. The van der Waals surface area contributed by atoms with Gasteiger partial charge in [0, 0.05) is 30.8 Å². The highest BCUT2D eigenvalue weighted by atomic mass is 16.6. The molecule has 0 unspecified atom stereocenters. The van der Waals surface area contributed by atoms with Crippen LogP contribution in [0.4, 0.5) is 5.69 Å². The second kappa shape index (κ2) is 8.45. The van der Waals surface area contributed by atoms with Gasteiger partial charge in [-0.3, -0.25) is 19.6 Å². The fraction of sp³-hybridized carbons (Fsp3) is 0.409. The van der Waals surface area contributed by atoms with E-state index in [1.165, 1.54) is 20.3 Å². The predicted molar refractivity (Wildman–Crippen MR) is 117 cm³/mol.